The molecule has 0 N–H and O–H groups in total. The monoisotopic (exact) mass is 243 g/mol. The van der Waals surface area contributed by atoms with Gasteiger partial charge < -0.3 is 0 Å². The van der Waals surface area contributed by atoms with Crippen molar-refractivity contribution in [3.05, 3.63) is 34.6 Å². The maximum Gasteiger partial charge on any atom is 0.0627 e. The molecule has 0 unspecified atom stereocenters. The Hall–Kier alpha value is -0.280. The molecule has 0 spiro atoms. The van der Waals surface area contributed by atoms with Crippen molar-refractivity contribution in [3.63, 3.8) is 0 Å². The highest BCUT2D eigenvalue weighted by atomic mass is 79.9. The lowest BCUT2D eigenvalue weighted by Gasteiger charge is -1.91. The van der Waals surface area contributed by atoms with E-state index in [2.05, 4.69) is 39.6 Å². The van der Waals surface area contributed by atoms with Gasteiger partial charge in [0.15, 0.2) is 0 Å². The van der Waals surface area contributed by atoms with Crippen molar-refractivity contribution in [1.29, 1.82) is 0 Å². The van der Waals surface area contributed by atoms with Gasteiger partial charge in [-0.2, -0.15) is 12.6 Å². The van der Waals surface area contributed by atoms with Gasteiger partial charge in [-0.1, -0.05) is 6.08 Å². The molecule has 12 heavy (non-hydrogen) atoms. The van der Waals surface area contributed by atoms with Gasteiger partial charge in [-0.05, 0) is 46.3 Å². The third-order valence-corrected chi connectivity index (χ3v) is 2.06. The minimum atomic E-state index is 0.882. The molecule has 0 saturated heterocycles. The maximum absolute atomic E-state index is 4.19. The molecule has 1 aromatic heterocycles. The summed E-state index contributed by atoms with van der Waals surface area (Å²) in [5.74, 6) is 0.882. The molecule has 0 bridgehead atoms. The van der Waals surface area contributed by atoms with Crippen molar-refractivity contribution in [3.8, 4) is 0 Å². The summed E-state index contributed by atoms with van der Waals surface area (Å²) >= 11 is 7.43. The number of hydrogen-bond donors (Lipinski definition) is 1. The lowest BCUT2D eigenvalue weighted by Crippen LogP contribution is -1.78. The number of nitrogens with zero attached hydrogens (tertiary/aromatic N) is 1. The molecular formula is C9H10BrNS. The fraction of sp³-hybridized carbons (Fsp3) is 0.222. The molecule has 0 radical (unpaired) electrons. The van der Waals surface area contributed by atoms with Crippen LogP contribution in [0.3, 0.4) is 0 Å². The van der Waals surface area contributed by atoms with Gasteiger partial charge in [0, 0.05) is 10.7 Å². The first-order valence-electron chi connectivity index (χ1n) is 3.72. The van der Waals surface area contributed by atoms with Gasteiger partial charge in [0.25, 0.3) is 0 Å². The number of halogens is 1. The summed E-state index contributed by atoms with van der Waals surface area (Å²) in [6, 6.07) is 3.95. The van der Waals surface area contributed by atoms with E-state index >= 15 is 0 Å². The Bertz CT molecular complexity index is 256. The van der Waals surface area contributed by atoms with E-state index in [1.807, 2.05) is 18.2 Å². The quantitative estimate of drug-likeness (QED) is 0.806. The van der Waals surface area contributed by atoms with Crippen LogP contribution in [0.2, 0.25) is 0 Å². The summed E-state index contributed by atoms with van der Waals surface area (Å²) in [7, 11) is 0. The lowest BCUT2D eigenvalue weighted by atomic mass is 10.3. The zero-order chi connectivity index (χ0) is 8.81. The molecule has 1 heterocycles. The summed E-state index contributed by atoms with van der Waals surface area (Å²) in [6.45, 7) is 0. The molecule has 64 valence electrons. The Morgan fingerprint density at radius 2 is 2.33 bits per heavy atom. The second-order valence-electron chi connectivity index (χ2n) is 2.32. The third kappa shape index (κ3) is 3.41. The molecule has 1 rings (SSSR count). The average Bonchev–Trinajstić information content (AvgIpc) is 2.09. The normalized spacial score (nSPS) is 10.8. The van der Waals surface area contributed by atoms with Crippen LogP contribution in [0, 0.1) is 0 Å². The van der Waals surface area contributed by atoms with Gasteiger partial charge in [0.1, 0.15) is 0 Å². The lowest BCUT2D eigenvalue weighted by molar-refractivity contribution is 1.24. The number of hydrogen-bond acceptors (Lipinski definition) is 2. The average molecular weight is 244 g/mol. The van der Waals surface area contributed by atoms with E-state index < -0.39 is 0 Å². The smallest absolute Gasteiger partial charge is 0.0627 e. The molecule has 0 saturated carbocycles. The van der Waals surface area contributed by atoms with Crippen molar-refractivity contribution >= 4 is 34.6 Å². The summed E-state index contributed by atoms with van der Waals surface area (Å²) in [5, 5.41) is 0. The predicted octanol–water partition coefficient (Wildman–Crippen LogP) is 3.18. The summed E-state index contributed by atoms with van der Waals surface area (Å²) in [6.07, 6.45) is 6.85. The second-order valence-corrected chi connectivity index (χ2v) is 3.68. The highest BCUT2D eigenvalue weighted by Gasteiger charge is 1.87. The molecule has 1 nitrogen and oxygen atoms in total. The van der Waals surface area contributed by atoms with E-state index in [1.165, 1.54) is 0 Å². The molecule has 0 amide bonds. The molecule has 1 aromatic rings. The molecule has 0 aliphatic carbocycles. The summed E-state index contributed by atoms with van der Waals surface area (Å²) < 4.78 is 1.01. The van der Waals surface area contributed by atoms with Crippen molar-refractivity contribution in [1.82, 2.24) is 4.98 Å². The van der Waals surface area contributed by atoms with Crippen LogP contribution in [0.5, 0.6) is 0 Å². The SMILES string of the molecule is SCCC=Cc1ccc(Br)cn1. The van der Waals surface area contributed by atoms with Crippen LogP contribution in [0.15, 0.2) is 28.9 Å². The first kappa shape index (κ1) is 9.81. The van der Waals surface area contributed by atoms with Gasteiger partial charge in [0.2, 0.25) is 0 Å². The fourth-order valence-electron chi connectivity index (χ4n) is 0.764. The zero-order valence-electron chi connectivity index (χ0n) is 6.57. The Balaban J connectivity index is 2.58. The Morgan fingerprint density at radius 3 is 2.92 bits per heavy atom. The van der Waals surface area contributed by atoms with E-state index in [0.717, 1.165) is 22.3 Å². The van der Waals surface area contributed by atoms with Gasteiger partial charge in [0.05, 0.1) is 5.69 Å². The second kappa shape index (κ2) is 5.38. The molecule has 0 atom stereocenters. The highest BCUT2D eigenvalue weighted by Crippen LogP contribution is 2.08. The van der Waals surface area contributed by atoms with E-state index in [1.54, 1.807) is 6.20 Å². The van der Waals surface area contributed by atoms with Crippen LogP contribution >= 0.6 is 28.6 Å². The van der Waals surface area contributed by atoms with Crippen molar-refractivity contribution in [2.75, 3.05) is 5.75 Å². The van der Waals surface area contributed by atoms with Crippen LogP contribution in [-0.2, 0) is 0 Å². The molecule has 0 aliphatic rings. The topological polar surface area (TPSA) is 12.9 Å². The molecule has 0 aliphatic heterocycles. The number of thiol groups is 1. The van der Waals surface area contributed by atoms with Gasteiger partial charge in [-0.25, -0.2) is 0 Å². The highest BCUT2D eigenvalue weighted by molar-refractivity contribution is 9.10. The molecule has 0 aromatic carbocycles. The van der Waals surface area contributed by atoms with E-state index in [0.29, 0.717) is 0 Å². The number of aromatic nitrogens is 1. The van der Waals surface area contributed by atoms with Crippen LogP contribution in [0.4, 0.5) is 0 Å². The Labute approximate surface area is 86.4 Å². The summed E-state index contributed by atoms with van der Waals surface area (Å²) in [4.78, 5) is 4.19. The van der Waals surface area contributed by atoms with E-state index in [9.17, 15) is 0 Å². The van der Waals surface area contributed by atoms with Gasteiger partial charge in [-0.15, -0.1) is 0 Å². The van der Waals surface area contributed by atoms with Crippen LogP contribution in [0.25, 0.3) is 6.08 Å². The van der Waals surface area contributed by atoms with E-state index in [-0.39, 0.29) is 0 Å². The molecule has 0 fully saturated rings. The first-order valence-corrected chi connectivity index (χ1v) is 5.14. The van der Waals surface area contributed by atoms with Crippen molar-refractivity contribution < 1.29 is 0 Å². The van der Waals surface area contributed by atoms with Gasteiger partial charge in [-0.3, -0.25) is 4.98 Å². The van der Waals surface area contributed by atoms with Crippen LogP contribution in [0.1, 0.15) is 12.1 Å². The fourth-order valence-corrected chi connectivity index (χ4v) is 1.15. The Morgan fingerprint density at radius 1 is 1.50 bits per heavy atom. The number of allylic oxidation sites excluding steroid dienone is 1. The Kier molecular flexibility index (Phi) is 4.40. The number of pyridine rings is 1. The first-order chi connectivity index (χ1) is 5.83. The van der Waals surface area contributed by atoms with Crippen molar-refractivity contribution in [2.45, 2.75) is 6.42 Å². The maximum atomic E-state index is 4.19. The molecule has 3 heteroatoms. The summed E-state index contributed by atoms with van der Waals surface area (Å²) in [5.41, 5.74) is 0.986. The largest absolute Gasteiger partial charge is 0.256 e. The van der Waals surface area contributed by atoms with Crippen LogP contribution < -0.4 is 0 Å². The number of rotatable bonds is 3. The minimum Gasteiger partial charge on any atom is -0.256 e. The third-order valence-electron chi connectivity index (χ3n) is 1.33. The van der Waals surface area contributed by atoms with Crippen LogP contribution in [-0.4, -0.2) is 10.7 Å². The molecular weight excluding hydrogens is 234 g/mol. The predicted molar refractivity (Wildman–Crippen MR) is 59.4 cm³/mol. The standard InChI is InChI=1S/C9H10BrNS/c10-8-4-5-9(11-7-8)3-1-2-6-12/h1,3-5,7,12H,2,6H2. The zero-order valence-corrected chi connectivity index (χ0v) is 9.05. The minimum absolute atomic E-state index is 0.882. The van der Waals surface area contributed by atoms with E-state index in [4.69, 9.17) is 0 Å². The van der Waals surface area contributed by atoms with Gasteiger partial charge >= 0.3 is 0 Å². The van der Waals surface area contributed by atoms with Crippen molar-refractivity contribution in [2.24, 2.45) is 0 Å².